The average Bonchev–Trinajstić information content (AvgIpc) is 2.63. The van der Waals surface area contributed by atoms with Gasteiger partial charge in [-0.05, 0) is 61.4 Å². The maximum absolute atomic E-state index is 12.9. The number of amides is 2. The van der Waals surface area contributed by atoms with Gasteiger partial charge in [0.15, 0.2) is 0 Å². The highest BCUT2D eigenvalue weighted by molar-refractivity contribution is 5.96. The van der Waals surface area contributed by atoms with Gasteiger partial charge in [-0.2, -0.15) is 0 Å². The molecule has 0 radical (unpaired) electrons. The molecule has 0 spiro atoms. The molecule has 3 rings (SSSR count). The van der Waals surface area contributed by atoms with Crippen molar-refractivity contribution >= 4 is 17.5 Å². The van der Waals surface area contributed by atoms with Crippen LogP contribution in [-0.2, 0) is 16.0 Å². The highest BCUT2D eigenvalue weighted by Gasteiger charge is 2.29. The van der Waals surface area contributed by atoms with Crippen LogP contribution in [0.25, 0.3) is 0 Å². The van der Waals surface area contributed by atoms with E-state index in [9.17, 15) is 9.59 Å². The van der Waals surface area contributed by atoms with E-state index in [2.05, 4.69) is 11.4 Å². The van der Waals surface area contributed by atoms with Gasteiger partial charge in [0.1, 0.15) is 0 Å². The van der Waals surface area contributed by atoms with E-state index in [1.54, 1.807) is 11.9 Å². The number of fused-ring (bicyclic) bond motifs is 1. The number of benzene rings is 2. The first kappa shape index (κ1) is 18.2. The number of rotatable bonds is 4. The number of aryl methyl sites for hydroxylation is 3. The Morgan fingerprint density at radius 2 is 1.92 bits per heavy atom. The van der Waals surface area contributed by atoms with Crippen LogP contribution in [0.2, 0.25) is 0 Å². The predicted molar refractivity (Wildman–Crippen MR) is 104 cm³/mol. The molecule has 1 aliphatic rings. The van der Waals surface area contributed by atoms with Gasteiger partial charge in [0.25, 0.3) is 0 Å². The van der Waals surface area contributed by atoms with E-state index < -0.39 is 0 Å². The van der Waals surface area contributed by atoms with E-state index in [1.165, 1.54) is 5.56 Å². The first-order valence-electron chi connectivity index (χ1n) is 9.15. The Hall–Kier alpha value is -2.62. The third-order valence-electron chi connectivity index (χ3n) is 5.09. The molecule has 0 fully saturated rings. The van der Waals surface area contributed by atoms with Crippen LogP contribution < -0.4 is 5.32 Å². The van der Waals surface area contributed by atoms with E-state index in [1.807, 2.05) is 50.2 Å². The van der Waals surface area contributed by atoms with Crippen molar-refractivity contribution in [3.8, 4) is 0 Å². The second-order valence-corrected chi connectivity index (χ2v) is 7.20. The van der Waals surface area contributed by atoms with Gasteiger partial charge in [-0.25, -0.2) is 0 Å². The van der Waals surface area contributed by atoms with Gasteiger partial charge >= 0.3 is 0 Å². The van der Waals surface area contributed by atoms with Crippen molar-refractivity contribution < 1.29 is 9.59 Å². The summed E-state index contributed by atoms with van der Waals surface area (Å²) in [6, 6.07) is 14.1. The maximum atomic E-state index is 12.9. The quantitative estimate of drug-likeness (QED) is 0.911. The lowest BCUT2D eigenvalue weighted by Gasteiger charge is -2.28. The zero-order valence-corrected chi connectivity index (χ0v) is 15.7. The fourth-order valence-corrected chi connectivity index (χ4v) is 3.63. The number of hydrogen-bond donors (Lipinski definition) is 1. The molecular formula is C22H26N2O2. The van der Waals surface area contributed by atoms with Crippen LogP contribution in [0.1, 0.15) is 41.0 Å². The summed E-state index contributed by atoms with van der Waals surface area (Å²) in [6.07, 6.45) is 2.88. The van der Waals surface area contributed by atoms with Crippen LogP contribution >= 0.6 is 0 Å². The Kier molecular flexibility index (Phi) is 5.40. The molecule has 0 heterocycles. The highest BCUT2D eigenvalue weighted by atomic mass is 16.2. The van der Waals surface area contributed by atoms with E-state index in [0.717, 1.165) is 41.6 Å². The summed E-state index contributed by atoms with van der Waals surface area (Å²) in [5.41, 5.74) is 5.28. The van der Waals surface area contributed by atoms with Crippen molar-refractivity contribution in [3.63, 3.8) is 0 Å². The van der Waals surface area contributed by atoms with Crippen LogP contribution in [0, 0.1) is 13.8 Å². The summed E-state index contributed by atoms with van der Waals surface area (Å²) in [4.78, 5) is 26.9. The highest BCUT2D eigenvalue weighted by Crippen LogP contribution is 2.32. The predicted octanol–water partition coefficient (Wildman–Crippen LogP) is 3.82. The minimum Gasteiger partial charge on any atom is -0.336 e. The van der Waals surface area contributed by atoms with Gasteiger partial charge in [-0.1, -0.05) is 36.4 Å². The topological polar surface area (TPSA) is 49.4 Å². The normalized spacial score (nSPS) is 15.9. The smallest absolute Gasteiger partial charge is 0.243 e. The van der Waals surface area contributed by atoms with E-state index in [4.69, 9.17) is 0 Å². The molecule has 136 valence electrons. The number of carbonyl (C=O) groups excluding carboxylic acids is 2. The summed E-state index contributed by atoms with van der Waals surface area (Å²) >= 11 is 0. The summed E-state index contributed by atoms with van der Waals surface area (Å²) in [6.45, 7) is 4.01. The number of nitrogens with one attached hydrogen (secondary N) is 1. The van der Waals surface area contributed by atoms with Crippen molar-refractivity contribution in [2.45, 2.75) is 39.0 Å². The van der Waals surface area contributed by atoms with Crippen LogP contribution in [0.3, 0.4) is 0 Å². The van der Waals surface area contributed by atoms with Crippen LogP contribution in [0.5, 0.6) is 0 Å². The summed E-state index contributed by atoms with van der Waals surface area (Å²) < 4.78 is 0. The van der Waals surface area contributed by atoms with Crippen molar-refractivity contribution in [1.29, 1.82) is 0 Å². The molecule has 2 amide bonds. The standard InChI is InChI=1S/C22H26N2O2/c1-15-11-12-16(2)20(13-15)23-21(25)14-24(3)22(26)19-10-6-8-17-7-4-5-9-18(17)19/h4-5,7,9,11-13,19H,6,8,10,14H2,1-3H3,(H,23,25)/t19-/m0/s1. The van der Waals surface area contributed by atoms with E-state index in [-0.39, 0.29) is 24.3 Å². The van der Waals surface area contributed by atoms with Gasteiger partial charge in [0, 0.05) is 12.7 Å². The molecule has 0 bridgehead atoms. The van der Waals surface area contributed by atoms with Gasteiger partial charge in [-0.15, -0.1) is 0 Å². The Morgan fingerprint density at radius 3 is 2.73 bits per heavy atom. The van der Waals surface area contributed by atoms with Crippen molar-refractivity contribution in [2.24, 2.45) is 0 Å². The molecule has 1 aliphatic carbocycles. The lowest BCUT2D eigenvalue weighted by Crippen LogP contribution is -2.38. The second-order valence-electron chi connectivity index (χ2n) is 7.20. The monoisotopic (exact) mass is 350 g/mol. The Morgan fingerprint density at radius 1 is 1.15 bits per heavy atom. The maximum Gasteiger partial charge on any atom is 0.243 e. The molecule has 0 saturated heterocycles. The average molecular weight is 350 g/mol. The molecular weight excluding hydrogens is 324 g/mol. The number of likely N-dealkylation sites (N-methyl/N-ethyl adjacent to an activating group) is 1. The fraction of sp³-hybridized carbons (Fsp3) is 0.364. The summed E-state index contributed by atoms with van der Waals surface area (Å²) in [5.74, 6) is -0.287. The van der Waals surface area contributed by atoms with Gasteiger partial charge < -0.3 is 10.2 Å². The lowest BCUT2D eigenvalue weighted by molar-refractivity contribution is -0.134. The molecule has 1 N–H and O–H groups in total. The van der Waals surface area contributed by atoms with Crippen molar-refractivity contribution in [3.05, 3.63) is 64.7 Å². The first-order valence-corrected chi connectivity index (χ1v) is 9.15. The minimum absolute atomic E-state index is 0.0215. The van der Waals surface area contributed by atoms with Crippen molar-refractivity contribution in [1.82, 2.24) is 4.90 Å². The number of carbonyl (C=O) groups is 2. The van der Waals surface area contributed by atoms with Crippen molar-refractivity contribution in [2.75, 3.05) is 18.9 Å². The Bertz CT molecular complexity index is 829. The van der Waals surface area contributed by atoms with Crippen LogP contribution in [0.15, 0.2) is 42.5 Å². The van der Waals surface area contributed by atoms with Gasteiger partial charge in [0.05, 0.1) is 12.5 Å². The van der Waals surface area contributed by atoms with Gasteiger partial charge in [-0.3, -0.25) is 9.59 Å². The summed E-state index contributed by atoms with van der Waals surface area (Å²) in [7, 11) is 1.71. The minimum atomic E-state index is -0.168. The SMILES string of the molecule is Cc1ccc(C)c(NC(=O)CN(C)C(=O)[C@H]2CCCc3ccccc32)c1. The molecule has 0 aromatic heterocycles. The van der Waals surface area contributed by atoms with E-state index >= 15 is 0 Å². The zero-order valence-electron chi connectivity index (χ0n) is 15.7. The molecule has 4 heteroatoms. The molecule has 1 atom stereocenters. The fourth-order valence-electron chi connectivity index (χ4n) is 3.63. The number of hydrogen-bond acceptors (Lipinski definition) is 2. The molecule has 0 unspecified atom stereocenters. The third kappa shape index (κ3) is 3.96. The zero-order chi connectivity index (χ0) is 18.7. The van der Waals surface area contributed by atoms with Gasteiger partial charge in [0.2, 0.25) is 11.8 Å². The first-order chi connectivity index (χ1) is 12.5. The molecule has 26 heavy (non-hydrogen) atoms. The summed E-state index contributed by atoms with van der Waals surface area (Å²) in [5, 5.41) is 2.93. The number of nitrogens with zero attached hydrogens (tertiary/aromatic N) is 1. The van der Waals surface area contributed by atoms with E-state index in [0.29, 0.717) is 0 Å². The molecule has 2 aromatic rings. The molecule has 0 aliphatic heterocycles. The molecule has 2 aromatic carbocycles. The lowest BCUT2D eigenvalue weighted by atomic mass is 9.82. The van der Waals surface area contributed by atoms with Crippen LogP contribution in [0.4, 0.5) is 5.69 Å². The molecule has 0 saturated carbocycles. The second kappa shape index (κ2) is 7.73. The Labute approximate surface area is 155 Å². The largest absolute Gasteiger partial charge is 0.336 e. The Balaban J connectivity index is 1.66. The number of anilines is 1. The van der Waals surface area contributed by atoms with Crippen LogP contribution in [-0.4, -0.2) is 30.3 Å². The molecule has 4 nitrogen and oxygen atoms in total. The third-order valence-corrected chi connectivity index (χ3v) is 5.09.